The Bertz CT molecular complexity index is 524. The maximum Gasteiger partial charge on any atom is 0.273 e. The van der Waals surface area contributed by atoms with Gasteiger partial charge in [-0.1, -0.05) is 11.3 Å². The fraction of sp³-hybridized carbons (Fsp3) is 0.250. The molecule has 92 valence electrons. The number of amides is 1. The van der Waals surface area contributed by atoms with Gasteiger partial charge >= 0.3 is 0 Å². The van der Waals surface area contributed by atoms with E-state index >= 15 is 0 Å². The van der Waals surface area contributed by atoms with Crippen LogP contribution in [0.4, 0.5) is 0 Å². The number of likely N-dealkylation sites (tertiary alicyclic amines) is 1. The van der Waals surface area contributed by atoms with E-state index in [-0.39, 0.29) is 12.0 Å². The summed E-state index contributed by atoms with van der Waals surface area (Å²) in [5, 5.41) is 2.53. The Morgan fingerprint density at radius 3 is 3.00 bits per heavy atom. The molecule has 0 aromatic carbocycles. The van der Waals surface area contributed by atoms with Gasteiger partial charge in [0.25, 0.3) is 11.1 Å². The lowest BCUT2D eigenvalue weighted by molar-refractivity contribution is 0.0177. The average Bonchev–Trinajstić information content (AvgIpc) is 2.86. The highest BCUT2D eigenvalue weighted by atomic mass is 32.1. The van der Waals surface area contributed by atoms with Crippen LogP contribution in [0.5, 0.6) is 5.19 Å². The van der Waals surface area contributed by atoms with Crippen LogP contribution in [-0.4, -0.2) is 40.0 Å². The molecule has 1 fully saturated rings. The number of aromatic nitrogens is 2. The zero-order valence-corrected chi connectivity index (χ0v) is 10.3. The number of thiazole rings is 1. The number of pyridine rings is 1. The molecule has 0 atom stereocenters. The van der Waals surface area contributed by atoms with Crippen molar-refractivity contribution in [2.75, 3.05) is 13.1 Å². The summed E-state index contributed by atoms with van der Waals surface area (Å²) in [6, 6.07) is 3.53. The number of nitrogens with zero attached hydrogens (tertiary/aromatic N) is 3. The summed E-state index contributed by atoms with van der Waals surface area (Å²) in [7, 11) is 0. The second kappa shape index (κ2) is 4.73. The quantitative estimate of drug-likeness (QED) is 0.839. The fourth-order valence-corrected chi connectivity index (χ4v) is 2.31. The third-order valence-electron chi connectivity index (χ3n) is 2.72. The Morgan fingerprint density at radius 1 is 1.44 bits per heavy atom. The number of hydrogen-bond acceptors (Lipinski definition) is 5. The van der Waals surface area contributed by atoms with Crippen molar-refractivity contribution in [1.82, 2.24) is 14.9 Å². The molecule has 5 nitrogen and oxygen atoms in total. The van der Waals surface area contributed by atoms with E-state index < -0.39 is 0 Å². The molecule has 1 saturated heterocycles. The van der Waals surface area contributed by atoms with Crippen LogP contribution in [0.25, 0.3) is 0 Å². The van der Waals surface area contributed by atoms with E-state index in [1.165, 1.54) is 11.3 Å². The highest BCUT2D eigenvalue weighted by Crippen LogP contribution is 2.21. The minimum Gasteiger partial charge on any atom is -0.463 e. The second-order valence-electron chi connectivity index (χ2n) is 3.99. The lowest BCUT2D eigenvalue weighted by Gasteiger charge is -2.38. The van der Waals surface area contributed by atoms with Gasteiger partial charge in [0.1, 0.15) is 6.10 Å². The Kier molecular flexibility index (Phi) is 2.93. The molecule has 1 aliphatic rings. The number of carbonyl (C=O) groups is 1. The van der Waals surface area contributed by atoms with Crippen LogP contribution in [0.2, 0.25) is 0 Å². The molecule has 0 N–H and O–H groups in total. The molecule has 0 aliphatic carbocycles. The summed E-state index contributed by atoms with van der Waals surface area (Å²) in [5.74, 6) is 0.00193. The summed E-state index contributed by atoms with van der Waals surface area (Å²) >= 11 is 1.46. The summed E-state index contributed by atoms with van der Waals surface area (Å²) < 4.78 is 5.60. The third kappa shape index (κ3) is 2.19. The summed E-state index contributed by atoms with van der Waals surface area (Å²) in [4.78, 5) is 21.7. The van der Waals surface area contributed by atoms with Crippen molar-refractivity contribution >= 4 is 17.2 Å². The van der Waals surface area contributed by atoms with Crippen molar-refractivity contribution < 1.29 is 9.53 Å². The largest absolute Gasteiger partial charge is 0.463 e. The molecule has 0 radical (unpaired) electrons. The van der Waals surface area contributed by atoms with Crippen molar-refractivity contribution in [3.63, 3.8) is 0 Å². The normalized spacial score (nSPS) is 15.2. The molecular weight excluding hydrogens is 250 g/mol. The van der Waals surface area contributed by atoms with Crippen molar-refractivity contribution in [2.24, 2.45) is 0 Å². The molecule has 3 rings (SSSR count). The first-order chi connectivity index (χ1) is 8.83. The molecule has 0 bridgehead atoms. The zero-order valence-electron chi connectivity index (χ0n) is 9.52. The minimum absolute atomic E-state index is 0.00193. The van der Waals surface area contributed by atoms with Crippen LogP contribution in [-0.2, 0) is 0 Å². The molecule has 1 amide bonds. The molecule has 1 aliphatic heterocycles. The van der Waals surface area contributed by atoms with Crippen LogP contribution < -0.4 is 4.74 Å². The highest BCUT2D eigenvalue weighted by molar-refractivity contribution is 7.11. The Morgan fingerprint density at radius 2 is 2.33 bits per heavy atom. The SMILES string of the molecule is O=C(c1cccnc1)N1CC(Oc2nccs2)C1. The molecule has 0 unspecified atom stereocenters. The van der Waals surface area contributed by atoms with Gasteiger partial charge in [0, 0.05) is 24.0 Å². The smallest absolute Gasteiger partial charge is 0.273 e. The van der Waals surface area contributed by atoms with Crippen LogP contribution in [0.15, 0.2) is 36.1 Å². The van der Waals surface area contributed by atoms with Gasteiger partial charge in [0.15, 0.2) is 0 Å². The van der Waals surface area contributed by atoms with Crippen molar-refractivity contribution in [3.8, 4) is 5.19 Å². The predicted octanol–water partition coefficient (Wildman–Crippen LogP) is 1.44. The summed E-state index contributed by atoms with van der Waals surface area (Å²) in [6.07, 6.45) is 4.99. The first-order valence-electron chi connectivity index (χ1n) is 5.58. The second-order valence-corrected chi connectivity index (χ2v) is 4.85. The van der Waals surface area contributed by atoms with E-state index in [1.54, 1.807) is 35.6 Å². The maximum absolute atomic E-state index is 12.0. The zero-order chi connectivity index (χ0) is 12.4. The van der Waals surface area contributed by atoms with Gasteiger partial charge in [-0.15, -0.1) is 0 Å². The molecule has 0 saturated carbocycles. The van der Waals surface area contributed by atoms with Crippen LogP contribution in [0.1, 0.15) is 10.4 Å². The first kappa shape index (κ1) is 11.2. The van der Waals surface area contributed by atoms with Gasteiger partial charge in [0.05, 0.1) is 18.7 Å². The van der Waals surface area contributed by atoms with E-state index in [2.05, 4.69) is 9.97 Å². The topological polar surface area (TPSA) is 55.3 Å². The fourth-order valence-electron chi connectivity index (χ4n) is 1.76. The third-order valence-corrected chi connectivity index (χ3v) is 3.38. The lowest BCUT2D eigenvalue weighted by Crippen LogP contribution is -2.56. The molecule has 6 heteroatoms. The van der Waals surface area contributed by atoms with Gasteiger partial charge in [-0.3, -0.25) is 9.78 Å². The molecule has 2 aromatic rings. The number of hydrogen-bond donors (Lipinski definition) is 0. The molecule has 18 heavy (non-hydrogen) atoms. The lowest BCUT2D eigenvalue weighted by atomic mass is 10.1. The number of carbonyl (C=O) groups excluding carboxylic acids is 1. The van der Waals surface area contributed by atoms with Crippen molar-refractivity contribution in [1.29, 1.82) is 0 Å². The van der Waals surface area contributed by atoms with E-state index in [4.69, 9.17) is 4.74 Å². The minimum atomic E-state index is 0.00193. The van der Waals surface area contributed by atoms with Crippen molar-refractivity contribution in [2.45, 2.75) is 6.10 Å². The van der Waals surface area contributed by atoms with Crippen molar-refractivity contribution in [3.05, 3.63) is 41.7 Å². The Hall–Kier alpha value is -1.95. The molecular formula is C12H11N3O2S. The van der Waals surface area contributed by atoms with Gasteiger partial charge < -0.3 is 9.64 Å². The summed E-state index contributed by atoms with van der Waals surface area (Å²) in [6.45, 7) is 1.21. The van der Waals surface area contributed by atoms with E-state index in [0.29, 0.717) is 23.8 Å². The number of rotatable bonds is 3. The maximum atomic E-state index is 12.0. The standard InChI is InChI=1S/C12H11N3O2S/c16-11(9-2-1-3-13-6-9)15-7-10(8-15)17-12-14-4-5-18-12/h1-6,10H,7-8H2. The highest BCUT2D eigenvalue weighted by Gasteiger charge is 2.33. The number of ether oxygens (including phenoxy) is 1. The Labute approximate surface area is 108 Å². The van der Waals surface area contributed by atoms with Crippen LogP contribution in [0.3, 0.4) is 0 Å². The molecule has 2 aromatic heterocycles. The Balaban J connectivity index is 1.55. The van der Waals surface area contributed by atoms with Gasteiger partial charge in [0.2, 0.25) is 0 Å². The van der Waals surface area contributed by atoms with Crippen LogP contribution in [0, 0.1) is 0 Å². The van der Waals surface area contributed by atoms with Gasteiger partial charge in [-0.25, -0.2) is 4.98 Å². The van der Waals surface area contributed by atoms with E-state index in [9.17, 15) is 4.79 Å². The summed E-state index contributed by atoms with van der Waals surface area (Å²) in [5.41, 5.74) is 0.616. The van der Waals surface area contributed by atoms with Gasteiger partial charge in [-0.2, -0.15) is 0 Å². The molecule has 3 heterocycles. The monoisotopic (exact) mass is 261 g/mol. The first-order valence-corrected chi connectivity index (χ1v) is 6.46. The van der Waals surface area contributed by atoms with E-state index in [1.807, 2.05) is 5.38 Å². The van der Waals surface area contributed by atoms with Gasteiger partial charge in [-0.05, 0) is 12.1 Å². The predicted molar refractivity (Wildman–Crippen MR) is 66.7 cm³/mol. The molecule has 0 spiro atoms. The average molecular weight is 261 g/mol. The van der Waals surface area contributed by atoms with Crippen LogP contribution >= 0.6 is 11.3 Å². The van der Waals surface area contributed by atoms with E-state index in [0.717, 1.165) is 0 Å².